The molecule has 1 atom stereocenters. The summed E-state index contributed by atoms with van der Waals surface area (Å²) in [6, 6.07) is 2.73. The van der Waals surface area contributed by atoms with Crippen molar-refractivity contribution in [3.63, 3.8) is 0 Å². The maximum absolute atomic E-state index is 11.1. The topological polar surface area (TPSA) is 58.4 Å². The van der Waals surface area contributed by atoms with Crippen molar-refractivity contribution in [3.05, 3.63) is 17.5 Å². The summed E-state index contributed by atoms with van der Waals surface area (Å²) >= 11 is 0. The third-order valence-electron chi connectivity index (χ3n) is 5.56. The lowest BCUT2D eigenvalue weighted by Gasteiger charge is -2.35. The molecule has 1 aliphatic carbocycles. The molecule has 1 saturated heterocycles. The van der Waals surface area contributed by atoms with Crippen molar-refractivity contribution in [1.29, 1.82) is 0 Å². The number of rotatable bonds is 6. The molecule has 1 aliphatic heterocycles. The van der Waals surface area contributed by atoms with E-state index in [4.69, 9.17) is 4.52 Å². The van der Waals surface area contributed by atoms with Gasteiger partial charge in [-0.25, -0.2) is 0 Å². The van der Waals surface area contributed by atoms with E-state index in [1.165, 1.54) is 51.4 Å². The van der Waals surface area contributed by atoms with E-state index < -0.39 is 0 Å². The zero-order chi connectivity index (χ0) is 16.8. The molecular formula is C19H31N3O2. The summed E-state index contributed by atoms with van der Waals surface area (Å²) in [6.07, 6.45) is 11.3. The summed E-state index contributed by atoms with van der Waals surface area (Å²) in [7, 11) is 0. The van der Waals surface area contributed by atoms with Crippen molar-refractivity contribution in [3.8, 4) is 0 Å². The number of hydrogen-bond acceptors (Lipinski definition) is 4. The molecule has 0 aromatic carbocycles. The zero-order valence-corrected chi connectivity index (χ0v) is 14.9. The Kier molecular flexibility index (Phi) is 6.30. The van der Waals surface area contributed by atoms with Crippen molar-refractivity contribution in [2.75, 3.05) is 13.1 Å². The van der Waals surface area contributed by atoms with Crippen LogP contribution >= 0.6 is 0 Å². The third kappa shape index (κ3) is 4.82. The van der Waals surface area contributed by atoms with Gasteiger partial charge in [-0.2, -0.15) is 0 Å². The lowest BCUT2D eigenvalue weighted by Crippen LogP contribution is -2.40. The fourth-order valence-corrected chi connectivity index (χ4v) is 4.20. The van der Waals surface area contributed by atoms with Gasteiger partial charge in [-0.1, -0.05) is 30.8 Å². The molecule has 0 unspecified atom stereocenters. The Balaban J connectivity index is 1.54. The van der Waals surface area contributed by atoms with Gasteiger partial charge in [0, 0.05) is 31.5 Å². The second kappa shape index (κ2) is 8.65. The van der Waals surface area contributed by atoms with Gasteiger partial charge in [-0.15, -0.1) is 0 Å². The molecule has 134 valence electrons. The van der Waals surface area contributed by atoms with Crippen LogP contribution in [0.4, 0.5) is 0 Å². The van der Waals surface area contributed by atoms with Crippen LogP contribution in [0.1, 0.15) is 82.1 Å². The van der Waals surface area contributed by atoms with E-state index >= 15 is 0 Å². The lowest BCUT2D eigenvalue weighted by molar-refractivity contribution is -0.119. The van der Waals surface area contributed by atoms with Crippen molar-refractivity contribution >= 4 is 5.91 Å². The Labute approximate surface area is 145 Å². The molecule has 1 saturated carbocycles. The highest BCUT2D eigenvalue weighted by atomic mass is 16.5. The molecule has 1 aromatic rings. The minimum atomic E-state index is 0.0599. The minimum Gasteiger partial charge on any atom is -0.360 e. The molecular weight excluding hydrogens is 302 g/mol. The van der Waals surface area contributed by atoms with Gasteiger partial charge in [0.15, 0.2) is 5.76 Å². The number of hydrogen-bond donors (Lipinski definition) is 1. The Morgan fingerprint density at radius 1 is 1.25 bits per heavy atom. The second-order valence-electron chi connectivity index (χ2n) is 7.44. The first-order valence-electron chi connectivity index (χ1n) is 9.66. The first-order chi connectivity index (χ1) is 11.7. The van der Waals surface area contributed by atoms with Crippen LogP contribution in [0.2, 0.25) is 0 Å². The standard InChI is InChI=1S/C19H31N3O2/c1-15(23)20-11-10-17-9-5-6-12-22(17)14-18-13-19(21-24-18)16-7-3-2-4-8-16/h13,16-17H,2-12,14H2,1H3,(H,20,23)/t17-/m1/s1. The van der Waals surface area contributed by atoms with Crippen LogP contribution in [0.3, 0.4) is 0 Å². The third-order valence-corrected chi connectivity index (χ3v) is 5.56. The molecule has 1 aromatic heterocycles. The highest BCUT2D eigenvalue weighted by molar-refractivity contribution is 5.72. The van der Waals surface area contributed by atoms with Gasteiger partial charge in [-0.05, 0) is 38.6 Å². The first-order valence-corrected chi connectivity index (χ1v) is 9.66. The van der Waals surface area contributed by atoms with E-state index in [2.05, 4.69) is 21.4 Å². The second-order valence-corrected chi connectivity index (χ2v) is 7.44. The zero-order valence-electron chi connectivity index (χ0n) is 14.9. The summed E-state index contributed by atoms with van der Waals surface area (Å²) in [5.41, 5.74) is 1.16. The van der Waals surface area contributed by atoms with E-state index in [9.17, 15) is 4.79 Å². The van der Waals surface area contributed by atoms with Crippen molar-refractivity contribution in [2.24, 2.45) is 0 Å². The van der Waals surface area contributed by atoms with E-state index in [1.54, 1.807) is 6.92 Å². The molecule has 2 fully saturated rings. The van der Waals surface area contributed by atoms with Crippen molar-refractivity contribution < 1.29 is 9.32 Å². The van der Waals surface area contributed by atoms with Crippen LogP contribution in [-0.2, 0) is 11.3 Å². The smallest absolute Gasteiger partial charge is 0.216 e. The molecule has 0 bridgehead atoms. The quantitative estimate of drug-likeness (QED) is 0.864. The Hall–Kier alpha value is -1.36. The van der Waals surface area contributed by atoms with Crippen LogP contribution in [0, 0.1) is 0 Å². The molecule has 2 aliphatic rings. The number of carbonyl (C=O) groups is 1. The summed E-state index contributed by atoms with van der Waals surface area (Å²) in [4.78, 5) is 13.6. The molecule has 5 nitrogen and oxygen atoms in total. The maximum Gasteiger partial charge on any atom is 0.216 e. The van der Waals surface area contributed by atoms with Crippen LogP contribution in [0.5, 0.6) is 0 Å². The molecule has 0 spiro atoms. The predicted molar refractivity (Wildman–Crippen MR) is 93.7 cm³/mol. The Bertz CT molecular complexity index is 522. The lowest BCUT2D eigenvalue weighted by atomic mass is 9.87. The summed E-state index contributed by atoms with van der Waals surface area (Å²) in [5.74, 6) is 1.67. The van der Waals surface area contributed by atoms with Crippen LogP contribution in [-0.4, -0.2) is 35.1 Å². The Morgan fingerprint density at radius 3 is 2.83 bits per heavy atom. The van der Waals surface area contributed by atoms with Crippen LogP contribution < -0.4 is 5.32 Å². The molecule has 0 radical (unpaired) electrons. The fraction of sp³-hybridized carbons (Fsp3) is 0.789. The number of likely N-dealkylation sites (tertiary alicyclic amines) is 1. The normalized spacial score (nSPS) is 23.3. The van der Waals surface area contributed by atoms with E-state index in [0.717, 1.165) is 37.5 Å². The van der Waals surface area contributed by atoms with Gasteiger partial charge in [0.1, 0.15) is 0 Å². The van der Waals surface area contributed by atoms with Gasteiger partial charge < -0.3 is 9.84 Å². The highest BCUT2D eigenvalue weighted by Crippen LogP contribution is 2.32. The van der Waals surface area contributed by atoms with Gasteiger partial charge in [-0.3, -0.25) is 9.69 Å². The van der Waals surface area contributed by atoms with Crippen molar-refractivity contribution in [2.45, 2.75) is 83.2 Å². The summed E-state index contributed by atoms with van der Waals surface area (Å²) < 4.78 is 5.65. The monoisotopic (exact) mass is 333 g/mol. The van der Waals surface area contributed by atoms with E-state index in [1.807, 2.05) is 0 Å². The maximum atomic E-state index is 11.1. The molecule has 1 N–H and O–H groups in total. The highest BCUT2D eigenvalue weighted by Gasteiger charge is 2.25. The molecule has 2 heterocycles. The molecule has 1 amide bonds. The van der Waals surface area contributed by atoms with Crippen LogP contribution in [0.25, 0.3) is 0 Å². The number of carbonyl (C=O) groups excluding carboxylic acids is 1. The van der Waals surface area contributed by atoms with E-state index in [0.29, 0.717) is 12.0 Å². The minimum absolute atomic E-state index is 0.0599. The molecule has 3 rings (SSSR count). The van der Waals surface area contributed by atoms with Crippen molar-refractivity contribution in [1.82, 2.24) is 15.4 Å². The average molecular weight is 333 g/mol. The molecule has 24 heavy (non-hydrogen) atoms. The number of nitrogens with zero attached hydrogens (tertiary/aromatic N) is 2. The molecule has 5 heteroatoms. The number of piperidine rings is 1. The van der Waals surface area contributed by atoms with E-state index in [-0.39, 0.29) is 5.91 Å². The number of aromatic nitrogens is 1. The van der Waals surface area contributed by atoms with Gasteiger partial charge in [0.25, 0.3) is 0 Å². The Morgan fingerprint density at radius 2 is 2.04 bits per heavy atom. The SMILES string of the molecule is CC(=O)NCC[C@H]1CCCCN1Cc1cc(C2CCCCC2)no1. The number of amides is 1. The summed E-state index contributed by atoms with van der Waals surface area (Å²) in [5, 5.41) is 7.28. The largest absolute Gasteiger partial charge is 0.360 e. The summed E-state index contributed by atoms with van der Waals surface area (Å²) in [6.45, 7) is 4.31. The predicted octanol–water partition coefficient (Wildman–Crippen LogP) is 3.60. The average Bonchev–Trinajstić information content (AvgIpc) is 3.05. The van der Waals surface area contributed by atoms with Gasteiger partial charge in [0.05, 0.1) is 12.2 Å². The first kappa shape index (κ1) is 17.5. The van der Waals surface area contributed by atoms with Gasteiger partial charge in [0.2, 0.25) is 5.91 Å². The number of nitrogens with one attached hydrogen (secondary N) is 1. The van der Waals surface area contributed by atoms with Gasteiger partial charge >= 0.3 is 0 Å². The van der Waals surface area contributed by atoms with Crippen LogP contribution in [0.15, 0.2) is 10.6 Å². The fourth-order valence-electron chi connectivity index (χ4n) is 4.20.